The lowest BCUT2D eigenvalue weighted by Crippen LogP contribution is -2.45. The van der Waals surface area contributed by atoms with Crippen molar-refractivity contribution in [2.24, 2.45) is 0 Å². The molecule has 2 aromatic carbocycles. The second-order valence-electron chi connectivity index (χ2n) is 7.79. The Morgan fingerprint density at radius 3 is 2.47 bits per heavy atom. The van der Waals surface area contributed by atoms with Crippen molar-refractivity contribution in [1.29, 1.82) is 0 Å². The summed E-state index contributed by atoms with van der Waals surface area (Å²) < 4.78 is 16.2. The first-order valence-electron chi connectivity index (χ1n) is 10.6. The van der Waals surface area contributed by atoms with Crippen LogP contribution in [0.25, 0.3) is 0 Å². The highest BCUT2D eigenvalue weighted by atomic mass is 35.5. The fourth-order valence-electron chi connectivity index (χ4n) is 4.02. The minimum atomic E-state index is -0.412. The summed E-state index contributed by atoms with van der Waals surface area (Å²) in [4.78, 5) is 27.1. The zero-order chi connectivity index (χ0) is 23.4. The summed E-state index contributed by atoms with van der Waals surface area (Å²) in [6, 6.07) is 8.77. The Balaban J connectivity index is 1.91. The highest BCUT2D eigenvalue weighted by Crippen LogP contribution is 2.44. The van der Waals surface area contributed by atoms with Gasteiger partial charge in [0, 0.05) is 35.2 Å². The van der Waals surface area contributed by atoms with E-state index in [-0.39, 0.29) is 24.5 Å². The van der Waals surface area contributed by atoms with Gasteiger partial charge in [0.2, 0.25) is 0 Å². The number of amides is 2. The van der Waals surface area contributed by atoms with Gasteiger partial charge in [-0.1, -0.05) is 17.7 Å². The van der Waals surface area contributed by atoms with E-state index >= 15 is 0 Å². The van der Waals surface area contributed by atoms with Gasteiger partial charge in [-0.15, -0.1) is 0 Å². The van der Waals surface area contributed by atoms with Crippen LogP contribution in [0.15, 0.2) is 30.3 Å². The Morgan fingerprint density at radius 1 is 1.16 bits per heavy atom. The van der Waals surface area contributed by atoms with Gasteiger partial charge in [0.25, 0.3) is 5.91 Å². The van der Waals surface area contributed by atoms with Crippen LogP contribution in [-0.2, 0) is 4.74 Å². The van der Waals surface area contributed by atoms with Gasteiger partial charge in [-0.3, -0.25) is 9.69 Å². The van der Waals surface area contributed by atoms with Crippen molar-refractivity contribution in [1.82, 2.24) is 5.32 Å². The number of aryl methyl sites for hydroxylation is 1. The SMILES string of the molecule is CCOC(=O)N1c2cc(OC)c(OC)cc2C(CNC(=O)c2ccc(C)c(Cl)c2)CC1C. The quantitative estimate of drug-likeness (QED) is 0.661. The molecule has 8 heteroatoms. The van der Waals surface area contributed by atoms with Crippen LogP contribution >= 0.6 is 11.6 Å². The molecule has 1 aliphatic rings. The van der Waals surface area contributed by atoms with Gasteiger partial charge in [0.05, 0.1) is 26.5 Å². The number of ether oxygens (including phenoxy) is 3. The summed E-state index contributed by atoms with van der Waals surface area (Å²) in [5.74, 6) is 0.850. The predicted molar refractivity (Wildman–Crippen MR) is 124 cm³/mol. The molecule has 2 atom stereocenters. The molecule has 172 valence electrons. The monoisotopic (exact) mass is 460 g/mol. The summed E-state index contributed by atoms with van der Waals surface area (Å²) in [5, 5.41) is 3.56. The third-order valence-corrected chi connectivity index (χ3v) is 6.11. The molecular weight excluding hydrogens is 432 g/mol. The van der Waals surface area contributed by atoms with Crippen LogP contribution in [0.3, 0.4) is 0 Å². The average Bonchev–Trinajstić information content (AvgIpc) is 2.78. The number of carbonyl (C=O) groups excluding carboxylic acids is 2. The Morgan fingerprint density at radius 2 is 1.84 bits per heavy atom. The minimum absolute atomic E-state index is 0.0321. The molecule has 32 heavy (non-hydrogen) atoms. The molecule has 0 aromatic heterocycles. The molecule has 0 saturated heterocycles. The van der Waals surface area contributed by atoms with E-state index in [2.05, 4.69) is 5.32 Å². The van der Waals surface area contributed by atoms with Crippen molar-refractivity contribution in [3.8, 4) is 11.5 Å². The molecule has 0 saturated carbocycles. The molecule has 2 amide bonds. The van der Waals surface area contributed by atoms with E-state index in [1.165, 1.54) is 0 Å². The van der Waals surface area contributed by atoms with Crippen molar-refractivity contribution in [3.63, 3.8) is 0 Å². The summed E-state index contributed by atoms with van der Waals surface area (Å²) >= 11 is 6.17. The van der Waals surface area contributed by atoms with E-state index in [1.807, 2.05) is 26.0 Å². The molecule has 0 spiro atoms. The van der Waals surface area contributed by atoms with Crippen molar-refractivity contribution in [2.45, 2.75) is 39.2 Å². The predicted octanol–water partition coefficient (Wildman–Crippen LogP) is 4.93. The molecule has 3 rings (SSSR count). The maximum absolute atomic E-state index is 12.7. The zero-order valence-electron chi connectivity index (χ0n) is 19.0. The Bertz CT molecular complexity index is 1010. The van der Waals surface area contributed by atoms with Gasteiger partial charge in [0.15, 0.2) is 11.5 Å². The Hall–Kier alpha value is -2.93. The number of hydrogen-bond donors (Lipinski definition) is 1. The smallest absolute Gasteiger partial charge is 0.414 e. The van der Waals surface area contributed by atoms with Crippen LogP contribution in [-0.4, -0.2) is 45.4 Å². The Kier molecular flexibility index (Phi) is 7.51. The standard InChI is InChI=1S/C24H29ClN2O5/c1-6-32-24(29)27-15(3)9-17(18-11-21(30-4)22(31-5)12-20(18)27)13-26-23(28)16-8-7-14(2)19(25)10-16/h7-8,10-12,15,17H,6,9,13H2,1-5H3,(H,26,28). The van der Waals surface area contributed by atoms with Gasteiger partial charge >= 0.3 is 6.09 Å². The van der Waals surface area contributed by atoms with Gasteiger partial charge in [-0.2, -0.15) is 0 Å². The van der Waals surface area contributed by atoms with Crippen LogP contribution in [0.4, 0.5) is 10.5 Å². The molecule has 2 aromatic rings. The van der Waals surface area contributed by atoms with E-state index in [9.17, 15) is 9.59 Å². The number of nitrogens with zero attached hydrogens (tertiary/aromatic N) is 1. The second-order valence-corrected chi connectivity index (χ2v) is 8.20. The van der Waals surface area contributed by atoms with Crippen LogP contribution < -0.4 is 19.7 Å². The first kappa shape index (κ1) is 23.7. The molecular formula is C24H29ClN2O5. The van der Waals surface area contributed by atoms with Gasteiger partial charge < -0.3 is 19.5 Å². The molecule has 0 bridgehead atoms. The van der Waals surface area contributed by atoms with Crippen molar-refractivity contribution in [3.05, 3.63) is 52.0 Å². The highest BCUT2D eigenvalue weighted by Gasteiger charge is 2.36. The molecule has 1 heterocycles. The van der Waals surface area contributed by atoms with E-state index in [0.717, 1.165) is 11.1 Å². The lowest BCUT2D eigenvalue weighted by Gasteiger charge is -2.39. The van der Waals surface area contributed by atoms with E-state index < -0.39 is 6.09 Å². The summed E-state index contributed by atoms with van der Waals surface area (Å²) in [6.07, 6.45) is 0.237. The van der Waals surface area contributed by atoms with Crippen molar-refractivity contribution in [2.75, 3.05) is 32.3 Å². The number of carbonyl (C=O) groups is 2. The molecule has 1 N–H and O–H groups in total. The highest BCUT2D eigenvalue weighted by molar-refractivity contribution is 6.31. The number of fused-ring (bicyclic) bond motifs is 1. The third-order valence-electron chi connectivity index (χ3n) is 5.71. The van der Waals surface area contributed by atoms with Gasteiger partial charge in [-0.05, 0) is 56.5 Å². The van der Waals surface area contributed by atoms with E-state index in [0.29, 0.717) is 40.7 Å². The number of rotatable bonds is 6. The molecule has 0 fully saturated rings. The van der Waals surface area contributed by atoms with Crippen molar-refractivity contribution < 1.29 is 23.8 Å². The van der Waals surface area contributed by atoms with Crippen LogP contribution in [0.5, 0.6) is 11.5 Å². The number of methoxy groups -OCH3 is 2. The summed E-state index contributed by atoms with van der Waals surface area (Å²) in [6.45, 7) is 6.31. The van der Waals surface area contributed by atoms with Crippen molar-refractivity contribution >= 4 is 29.3 Å². The molecule has 7 nitrogen and oxygen atoms in total. The topological polar surface area (TPSA) is 77.1 Å². The zero-order valence-corrected chi connectivity index (χ0v) is 19.8. The van der Waals surface area contributed by atoms with Crippen LogP contribution in [0.2, 0.25) is 5.02 Å². The number of halogens is 1. The van der Waals surface area contributed by atoms with Gasteiger partial charge in [0.1, 0.15) is 0 Å². The molecule has 2 unspecified atom stereocenters. The summed E-state index contributed by atoms with van der Waals surface area (Å²) in [7, 11) is 3.12. The van der Waals surface area contributed by atoms with E-state index in [4.69, 9.17) is 25.8 Å². The lowest BCUT2D eigenvalue weighted by atomic mass is 9.85. The van der Waals surface area contributed by atoms with Gasteiger partial charge in [-0.25, -0.2) is 4.79 Å². The number of anilines is 1. The third kappa shape index (κ3) is 4.78. The normalized spacial score (nSPS) is 17.4. The molecule has 1 aliphatic heterocycles. The average molecular weight is 461 g/mol. The van der Waals surface area contributed by atoms with Crippen LogP contribution in [0.1, 0.15) is 47.7 Å². The number of hydrogen-bond acceptors (Lipinski definition) is 5. The largest absolute Gasteiger partial charge is 0.493 e. The number of benzene rings is 2. The second kappa shape index (κ2) is 10.1. The fraction of sp³-hybridized carbons (Fsp3) is 0.417. The number of nitrogens with one attached hydrogen (secondary N) is 1. The summed E-state index contributed by atoms with van der Waals surface area (Å²) in [5.41, 5.74) is 3.00. The maximum Gasteiger partial charge on any atom is 0.414 e. The van der Waals surface area contributed by atoms with E-state index in [1.54, 1.807) is 44.2 Å². The molecule has 0 radical (unpaired) electrons. The fourth-order valence-corrected chi connectivity index (χ4v) is 4.20. The first-order valence-corrected chi connectivity index (χ1v) is 10.9. The minimum Gasteiger partial charge on any atom is -0.493 e. The van der Waals surface area contributed by atoms with Crippen LogP contribution in [0, 0.1) is 6.92 Å². The Labute approximate surface area is 193 Å². The molecule has 0 aliphatic carbocycles. The first-order chi connectivity index (χ1) is 15.3. The maximum atomic E-state index is 12.7. The lowest BCUT2D eigenvalue weighted by molar-refractivity contribution is 0.0949.